The molecule has 0 bridgehead atoms. The Labute approximate surface area is 118 Å². The number of hydrogen-bond donors (Lipinski definition) is 1. The fourth-order valence-electron chi connectivity index (χ4n) is 2.25. The highest BCUT2D eigenvalue weighted by Gasteiger charge is 2.31. The first-order valence-corrected chi connectivity index (χ1v) is 6.23. The number of fused-ring (bicyclic) bond motifs is 1. The lowest BCUT2D eigenvalue weighted by Crippen LogP contribution is -2.09. The largest absolute Gasteiger partial charge is 0.416 e. The maximum Gasteiger partial charge on any atom is 0.416 e. The number of halogens is 3. The highest BCUT2D eigenvalue weighted by Crippen LogP contribution is 2.32. The number of pyridine rings is 1. The average molecular weight is 292 g/mol. The van der Waals surface area contributed by atoms with E-state index in [-0.39, 0.29) is 5.56 Å². The molecule has 0 amide bonds. The number of hydrogen-bond acceptors (Lipinski definition) is 2. The number of alkyl halides is 3. The molecule has 0 spiro atoms. The van der Waals surface area contributed by atoms with E-state index >= 15 is 0 Å². The van der Waals surface area contributed by atoms with Crippen LogP contribution in [0.4, 0.5) is 13.2 Å². The summed E-state index contributed by atoms with van der Waals surface area (Å²) in [6.45, 7) is 0. The van der Waals surface area contributed by atoms with Gasteiger partial charge in [-0.25, -0.2) is 4.98 Å². The number of aromatic nitrogens is 2. The molecule has 2 aromatic heterocycles. The van der Waals surface area contributed by atoms with E-state index in [4.69, 9.17) is 0 Å². The first-order valence-electron chi connectivity index (χ1n) is 6.23. The molecule has 21 heavy (non-hydrogen) atoms. The molecule has 0 radical (unpaired) electrons. The Bertz CT molecular complexity index is 780. The molecule has 108 valence electrons. The summed E-state index contributed by atoms with van der Waals surface area (Å²) in [6.07, 6.45) is -2.47. The van der Waals surface area contributed by atoms with Gasteiger partial charge in [-0.3, -0.25) is 0 Å². The van der Waals surface area contributed by atoms with Crippen LogP contribution >= 0.6 is 0 Å². The smallest absolute Gasteiger partial charge is 0.382 e. The Kier molecular flexibility index (Phi) is 3.17. The van der Waals surface area contributed by atoms with Crippen molar-refractivity contribution in [2.75, 3.05) is 0 Å². The molecule has 3 aromatic rings. The van der Waals surface area contributed by atoms with Gasteiger partial charge in [0, 0.05) is 0 Å². The zero-order valence-electron chi connectivity index (χ0n) is 10.7. The number of rotatable bonds is 2. The maximum atomic E-state index is 12.7. The summed E-state index contributed by atoms with van der Waals surface area (Å²) in [5, 5.41) is 10.4. The van der Waals surface area contributed by atoms with Crippen molar-refractivity contribution in [3.8, 4) is 0 Å². The summed E-state index contributed by atoms with van der Waals surface area (Å²) < 4.78 is 39.9. The second-order valence-corrected chi connectivity index (χ2v) is 4.66. The lowest BCUT2D eigenvalue weighted by molar-refractivity contribution is -0.137. The highest BCUT2D eigenvalue weighted by atomic mass is 19.4. The third-order valence-corrected chi connectivity index (χ3v) is 3.29. The fraction of sp³-hybridized carbons (Fsp3) is 0.133. The van der Waals surface area contributed by atoms with E-state index < -0.39 is 17.8 Å². The van der Waals surface area contributed by atoms with Crippen LogP contribution in [0.1, 0.15) is 22.9 Å². The van der Waals surface area contributed by atoms with Gasteiger partial charge in [0.15, 0.2) is 0 Å². The van der Waals surface area contributed by atoms with E-state index in [1.807, 2.05) is 0 Å². The van der Waals surface area contributed by atoms with Crippen LogP contribution in [0.5, 0.6) is 0 Å². The van der Waals surface area contributed by atoms with Gasteiger partial charge in [-0.15, -0.1) is 0 Å². The fourth-order valence-corrected chi connectivity index (χ4v) is 2.25. The average Bonchev–Trinajstić information content (AvgIpc) is 2.94. The van der Waals surface area contributed by atoms with Gasteiger partial charge in [0.2, 0.25) is 0 Å². The molecule has 0 aliphatic carbocycles. The maximum absolute atomic E-state index is 12.7. The van der Waals surface area contributed by atoms with E-state index in [0.29, 0.717) is 5.69 Å². The first-order chi connectivity index (χ1) is 9.97. The number of nitrogens with zero attached hydrogens (tertiary/aromatic N) is 2. The van der Waals surface area contributed by atoms with Crippen LogP contribution < -0.4 is 0 Å². The van der Waals surface area contributed by atoms with Crippen molar-refractivity contribution >= 4 is 5.52 Å². The number of aliphatic hydroxyl groups is 1. The van der Waals surface area contributed by atoms with E-state index in [2.05, 4.69) is 4.98 Å². The Morgan fingerprint density at radius 1 is 1.10 bits per heavy atom. The summed E-state index contributed by atoms with van der Waals surface area (Å²) in [5.41, 5.74) is 0.630. The van der Waals surface area contributed by atoms with Crippen molar-refractivity contribution < 1.29 is 18.3 Å². The second kappa shape index (κ2) is 4.89. The molecule has 1 unspecified atom stereocenters. The van der Waals surface area contributed by atoms with Crippen molar-refractivity contribution in [3.63, 3.8) is 0 Å². The Balaban J connectivity index is 2.06. The van der Waals surface area contributed by atoms with E-state index in [1.165, 1.54) is 18.5 Å². The lowest BCUT2D eigenvalue weighted by atomic mass is 10.0. The predicted molar refractivity (Wildman–Crippen MR) is 70.7 cm³/mol. The first kappa shape index (κ1) is 13.6. The van der Waals surface area contributed by atoms with Crippen molar-refractivity contribution in [1.82, 2.24) is 9.38 Å². The number of aliphatic hydroxyl groups excluding tert-OH is 1. The Hall–Kier alpha value is -2.34. The van der Waals surface area contributed by atoms with Crippen molar-refractivity contribution in [2.24, 2.45) is 0 Å². The molecule has 0 aliphatic rings. The zero-order chi connectivity index (χ0) is 15.0. The monoisotopic (exact) mass is 292 g/mol. The minimum absolute atomic E-state index is 0.186. The molecule has 3 rings (SSSR count). The lowest BCUT2D eigenvalue weighted by Gasteiger charge is -2.15. The van der Waals surface area contributed by atoms with Gasteiger partial charge in [-0.1, -0.05) is 18.2 Å². The van der Waals surface area contributed by atoms with Crippen LogP contribution in [0.3, 0.4) is 0 Å². The van der Waals surface area contributed by atoms with Gasteiger partial charge in [-0.2, -0.15) is 13.2 Å². The van der Waals surface area contributed by atoms with Crippen LogP contribution in [0.2, 0.25) is 0 Å². The van der Waals surface area contributed by atoms with Crippen LogP contribution in [-0.2, 0) is 6.18 Å². The summed E-state index contributed by atoms with van der Waals surface area (Å²) in [6, 6.07) is 9.87. The molecule has 1 atom stereocenters. The molecular weight excluding hydrogens is 281 g/mol. The molecule has 0 saturated heterocycles. The van der Waals surface area contributed by atoms with Gasteiger partial charge in [0.05, 0.1) is 29.3 Å². The Morgan fingerprint density at radius 2 is 1.86 bits per heavy atom. The van der Waals surface area contributed by atoms with Crippen LogP contribution in [0, 0.1) is 0 Å². The molecule has 1 N–H and O–H groups in total. The minimum Gasteiger partial charge on any atom is -0.382 e. The quantitative estimate of drug-likeness (QED) is 0.785. The summed E-state index contributed by atoms with van der Waals surface area (Å²) in [4.78, 5) is 3.97. The predicted octanol–water partition coefficient (Wildman–Crippen LogP) is 3.43. The molecular formula is C15H11F3N2O. The number of benzene rings is 1. The summed E-state index contributed by atoms with van der Waals surface area (Å²) in [5.74, 6) is 0. The third-order valence-electron chi connectivity index (χ3n) is 3.29. The molecule has 2 heterocycles. The normalized spacial score (nSPS) is 13.5. The zero-order valence-corrected chi connectivity index (χ0v) is 10.7. The van der Waals surface area contributed by atoms with Crippen molar-refractivity contribution in [2.45, 2.75) is 12.3 Å². The van der Waals surface area contributed by atoms with Gasteiger partial charge in [-0.05, 0) is 29.8 Å². The van der Waals surface area contributed by atoms with Crippen molar-refractivity contribution in [1.29, 1.82) is 0 Å². The molecule has 1 aromatic carbocycles. The van der Waals surface area contributed by atoms with E-state index in [9.17, 15) is 18.3 Å². The van der Waals surface area contributed by atoms with Crippen LogP contribution in [0.15, 0.2) is 55.0 Å². The van der Waals surface area contributed by atoms with Gasteiger partial charge in [0.25, 0.3) is 0 Å². The van der Waals surface area contributed by atoms with Crippen molar-refractivity contribution in [3.05, 3.63) is 71.8 Å². The number of imidazole rings is 1. The molecule has 0 saturated carbocycles. The second-order valence-electron chi connectivity index (χ2n) is 4.66. The topological polar surface area (TPSA) is 37.5 Å². The molecule has 6 heteroatoms. The highest BCUT2D eigenvalue weighted by molar-refractivity contribution is 5.47. The van der Waals surface area contributed by atoms with Gasteiger partial charge in [0.1, 0.15) is 6.10 Å². The molecule has 0 fully saturated rings. The van der Waals surface area contributed by atoms with Crippen LogP contribution in [-0.4, -0.2) is 14.5 Å². The summed E-state index contributed by atoms with van der Waals surface area (Å²) in [7, 11) is 0. The van der Waals surface area contributed by atoms with Gasteiger partial charge < -0.3 is 9.51 Å². The van der Waals surface area contributed by atoms with Crippen LogP contribution in [0.25, 0.3) is 5.52 Å². The minimum atomic E-state index is -4.43. The van der Waals surface area contributed by atoms with E-state index in [1.54, 1.807) is 28.8 Å². The molecule has 3 nitrogen and oxygen atoms in total. The summed E-state index contributed by atoms with van der Waals surface area (Å²) >= 11 is 0. The third kappa shape index (κ3) is 2.50. The Morgan fingerprint density at radius 3 is 2.62 bits per heavy atom. The van der Waals surface area contributed by atoms with E-state index in [0.717, 1.165) is 17.6 Å². The van der Waals surface area contributed by atoms with Gasteiger partial charge >= 0.3 is 6.18 Å². The molecule has 0 aliphatic heterocycles. The standard InChI is InChI=1S/C15H11F3N2O/c16-15(17,18)11-4-1-3-10(7-11)14(21)13-6-2-5-12-8-19-9-20(12)13/h1-9,14,21H. The SMILES string of the molecule is OC(c1cccc(C(F)(F)F)c1)c1cccc2cncn12.